The van der Waals surface area contributed by atoms with Crippen LogP contribution in [0.25, 0.3) is 0 Å². The van der Waals surface area contributed by atoms with Gasteiger partial charge in [-0.15, -0.1) is 0 Å². The molecule has 0 rings (SSSR count). The van der Waals surface area contributed by atoms with Gasteiger partial charge in [-0.05, 0) is 25.5 Å². The van der Waals surface area contributed by atoms with Crippen LogP contribution in [0, 0.1) is 0 Å². The largest absolute Gasteiger partial charge is 0.313 e. The van der Waals surface area contributed by atoms with E-state index in [0.717, 1.165) is 0 Å². The van der Waals surface area contributed by atoms with Crippen LogP contribution >= 0.6 is 11.8 Å². The molecular formula is C10H23NS. The summed E-state index contributed by atoms with van der Waals surface area (Å²) >= 11 is 2.05. The highest BCUT2D eigenvalue weighted by atomic mass is 32.2. The molecule has 0 spiro atoms. The van der Waals surface area contributed by atoms with Crippen LogP contribution < -0.4 is 5.32 Å². The SMILES string of the molecule is CCCSCCNC(C)CCC. The molecule has 0 aromatic carbocycles. The van der Waals surface area contributed by atoms with E-state index in [4.69, 9.17) is 0 Å². The Morgan fingerprint density at radius 1 is 1.17 bits per heavy atom. The average molecular weight is 189 g/mol. The lowest BCUT2D eigenvalue weighted by molar-refractivity contribution is 0.526. The molecule has 0 radical (unpaired) electrons. The molecule has 74 valence electrons. The number of hydrogen-bond donors (Lipinski definition) is 1. The van der Waals surface area contributed by atoms with Crippen LogP contribution in [0.2, 0.25) is 0 Å². The van der Waals surface area contributed by atoms with Crippen LogP contribution in [0.3, 0.4) is 0 Å². The van der Waals surface area contributed by atoms with Gasteiger partial charge in [-0.2, -0.15) is 11.8 Å². The summed E-state index contributed by atoms with van der Waals surface area (Å²) in [6.45, 7) is 7.92. The van der Waals surface area contributed by atoms with Crippen molar-refractivity contribution in [2.45, 2.75) is 46.1 Å². The lowest BCUT2D eigenvalue weighted by Crippen LogP contribution is -2.27. The molecule has 1 atom stereocenters. The smallest absolute Gasteiger partial charge is 0.00581 e. The molecule has 0 aliphatic carbocycles. The zero-order valence-corrected chi connectivity index (χ0v) is 9.54. The third-order valence-corrected chi connectivity index (χ3v) is 3.00. The number of rotatable bonds is 8. The first kappa shape index (κ1) is 12.3. The highest BCUT2D eigenvalue weighted by molar-refractivity contribution is 7.99. The van der Waals surface area contributed by atoms with Crippen molar-refractivity contribution >= 4 is 11.8 Å². The molecule has 12 heavy (non-hydrogen) atoms. The molecule has 0 fully saturated rings. The molecule has 2 heteroatoms. The molecule has 1 unspecified atom stereocenters. The van der Waals surface area contributed by atoms with Gasteiger partial charge in [0.25, 0.3) is 0 Å². The van der Waals surface area contributed by atoms with Gasteiger partial charge in [-0.1, -0.05) is 20.3 Å². The van der Waals surface area contributed by atoms with E-state index >= 15 is 0 Å². The van der Waals surface area contributed by atoms with Crippen LogP contribution in [0.1, 0.15) is 40.0 Å². The maximum atomic E-state index is 3.52. The number of hydrogen-bond acceptors (Lipinski definition) is 2. The third-order valence-electron chi connectivity index (χ3n) is 1.81. The van der Waals surface area contributed by atoms with Gasteiger partial charge in [0.15, 0.2) is 0 Å². The zero-order valence-electron chi connectivity index (χ0n) is 8.73. The van der Waals surface area contributed by atoms with Crippen molar-refractivity contribution in [3.05, 3.63) is 0 Å². The fraction of sp³-hybridized carbons (Fsp3) is 1.00. The highest BCUT2D eigenvalue weighted by Gasteiger charge is 1.97. The minimum absolute atomic E-state index is 0.706. The molecule has 0 saturated heterocycles. The summed E-state index contributed by atoms with van der Waals surface area (Å²) in [5, 5.41) is 3.52. The molecule has 0 aliphatic rings. The standard InChI is InChI=1S/C10H23NS/c1-4-6-10(3)11-7-9-12-8-5-2/h10-11H,4-9H2,1-3H3. The molecule has 0 aliphatic heterocycles. The van der Waals surface area contributed by atoms with Gasteiger partial charge in [0.2, 0.25) is 0 Å². The lowest BCUT2D eigenvalue weighted by atomic mass is 10.2. The van der Waals surface area contributed by atoms with E-state index in [0.29, 0.717) is 6.04 Å². The van der Waals surface area contributed by atoms with Crippen molar-refractivity contribution in [3.63, 3.8) is 0 Å². The van der Waals surface area contributed by atoms with Crippen LogP contribution in [-0.4, -0.2) is 24.1 Å². The van der Waals surface area contributed by atoms with Crippen molar-refractivity contribution in [3.8, 4) is 0 Å². The average Bonchev–Trinajstić information content (AvgIpc) is 2.05. The Hall–Kier alpha value is 0.310. The predicted octanol–water partition coefficient (Wildman–Crippen LogP) is 2.91. The molecule has 0 heterocycles. The molecule has 0 aromatic rings. The summed E-state index contributed by atoms with van der Waals surface area (Å²) < 4.78 is 0. The van der Waals surface area contributed by atoms with Crippen molar-refractivity contribution in [1.29, 1.82) is 0 Å². The van der Waals surface area contributed by atoms with E-state index in [1.165, 1.54) is 37.3 Å². The normalized spacial score (nSPS) is 13.2. The van der Waals surface area contributed by atoms with E-state index in [-0.39, 0.29) is 0 Å². The predicted molar refractivity (Wildman–Crippen MR) is 60.0 cm³/mol. The number of thioether (sulfide) groups is 1. The molecular weight excluding hydrogens is 166 g/mol. The van der Waals surface area contributed by atoms with Crippen LogP contribution in [0.4, 0.5) is 0 Å². The first-order valence-corrected chi connectivity index (χ1v) is 6.27. The topological polar surface area (TPSA) is 12.0 Å². The minimum Gasteiger partial charge on any atom is -0.313 e. The molecule has 0 saturated carbocycles. The van der Waals surface area contributed by atoms with Crippen molar-refractivity contribution in [1.82, 2.24) is 5.32 Å². The summed E-state index contributed by atoms with van der Waals surface area (Å²) in [6.07, 6.45) is 3.89. The fourth-order valence-electron chi connectivity index (χ4n) is 1.16. The Morgan fingerprint density at radius 3 is 2.50 bits per heavy atom. The van der Waals surface area contributed by atoms with Gasteiger partial charge >= 0.3 is 0 Å². The quantitative estimate of drug-likeness (QED) is 0.589. The fourth-order valence-corrected chi connectivity index (χ4v) is 1.91. The van der Waals surface area contributed by atoms with E-state index in [9.17, 15) is 0 Å². The second-order valence-corrected chi connectivity index (χ2v) is 4.48. The second-order valence-electron chi connectivity index (χ2n) is 3.26. The van der Waals surface area contributed by atoms with Crippen LogP contribution in [0.5, 0.6) is 0 Å². The van der Waals surface area contributed by atoms with Gasteiger partial charge < -0.3 is 5.32 Å². The Kier molecular flexibility index (Phi) is 9.64. The summed E-state index contributed by atoms with van der Waals surface area (Å²) in [5.74, 6) is 2.58. The monoisotopic (exact) mass is 189 g/mol. The lowest BCUT2D eigenvalue weighted by Gasteiger charge is -2.11. The summed E-state index contributed by atoms with van der Waals surface area (Å²) in [5.41, 5.74) is 0. The van der Waals surface area contributed by atoms with Crippen molar-refractivity contribution in [2.24, 2.45) is 0 Å². The van der Waals surface area contributed by atoms with Crippen LogP contribution in [-0.2, 0) is 0 Å². The minimum atomic E-state index is 0.706. The van der Waals surface area contributed by atoms with Gasteiger partial charge in [0.1, 0.15) is 0 Å². The molecule has 1 N–H and O–H groups in total. The van der Waals surface area contributed by atoms with Crippen molar-refractivity contribution in [2.75, 3.05) is 18.1 Å². The molecule has 1 nitrogen and oxygen atoms in total. The second kappa shape index (κ2) is 9.40. The van der Waals surface area contributed by atoms with E-state index in [1.807, 2.05) is 0 Å². The Labute approximate surface area is 81.7 Å². The number of nitrogens with one attached hydrogen (secondary N) is 1. The summed E-state index contributed by atoms with van der Waals surface area (Å²) in [6, 6.07) is 0.706. The Bertz CT molecular complexity index is 85.9. The summed E-state index contributed by atoms with van der Waals surface area (Å²) in [4.78, 5) is 0. The van der Waals surface area contributed by atoms with Gasteiger partial charge in [0, 0.05) is 18.3 Å². The molecule has 0 aromatic heterocycles. The molecule has 0 amide bonds. The maximum absolute atomic E-state index is 3.52. The van der Waals surface area contributed by atoms with E-state index in [2.05, 4.69) is 37.8 Å². The maximum Gasteiger partial charge on any atom is 0.00581 e. The van der Waals surface area contributed by atoms with Gasteiger partial charge in [-0.25, -0.2) is 0 Å². The zero-order chi connectivity index (χ0) is 9.23. The van der Waals surface area contributed by atoms with Gasteiger partial charge in [0.05, 0.1) is 0 Å². The summed E-state index contributed by atoms with van der Waals surface area (Å²) in [7, 11) is 0. The third kappa shape index (κ3) is 8.41. The van der Waals surface area contributed by atoms with E-state index in [1.54, 1.807) is 0 Å². The molecule has 0 bridgehead atoms. The van der Waals surface area contributed by atoms with Crippen molar-refractivity contribution < 1.29 is 0 Å². The van der Waals surface area contributed by atoms with E-state index < -0.39 is 0 Å². The Balaban J connectivity index is 2.97. The van der Waals surface area contributed by atoms with Gasteiger partial charge in [-0.3, -0.25) is 0 Å². The first-order chi connectivity index (χ1) is 5.81. The van der Waals surface area contributed by atoms with Crippen LogP contribution in [0.15, 0.2) is 0 Å². The highest BCUT2D eigenvalue weighted by Crippen LogP contribution is 2.01. The first-order valence-electron chi connectivity index (χ1n) is 5.12. The Morgan fingerprint density at radius 2 is 1.92 bits per heavy atom.